The molecule has 0 N–H and O–H groups in total. The molecule has 0 fully saturated rings. The lowest BCUT2D eigenvalue weighted by molar-refractivity contribution is 0.653. The van der Waals surface area contributed by atoms with Crippen molar-refractivity contribution in [2.45, 2.75) is 19.3 Å². The van der Waals surface area contributed by atoms with Crippen molar-refractivity contribution in [2.24, 2.45) is 0 Å². The molecular weight excluding hydrogens is 1640 g/mol. The van der Waals surface area contributed by atoms with Crippen LogP contribution in [0.2, 0.25) is 0 Å². The van der Waals surface area contributed by atoms with Crippen LogP contribution in [0.5, 0.6) is 0 Å². The fraction of sp³-hybridized carbons (Fsp3) is 0.0229. The van der Waals surface area contributed by atoms with Gasteiger partial charge in [0.15, 0.2) is 5.58 Å². The number of aromatic nitrogens is 1. The van der Waals surface area contributed by atoms with E-state index >= 15 is 0 Å². The van der Waals surface area contributed by atoms with Crippen molar-refractivity contribution in [2.75, 3.05) is 0 Å². The molecule has 135 heavy (non-hydrogen) atoms. The second-order valence-electron chi connectivity index (χ2n) is 36.4. The van der Waals surface area contributed by atoms with Gasteiger partial charge in [-0.15, -0.1) is 0 Å². The van der Waals surface area contributed by atoms with Gasteiger partial charge in [-0.25, -0.2) is 0 Å². The molecule has 0 aliphatic heterocycles. The van der Waals surface area contributed by atoms with E-state index in [1.807, 2.05) is 0 Å². The number of benzene rings is 24. The van der Waals surface area contributed by atoms with E-state index in [2.05, 4.69) is 486 Å². The van der Waals surface area contributed by atoms with Gasteiger partial charge in [0.1, 0.15) is 27.9 Å². The summed E-state index contributed by atoms with van der Waals surface area (Å²) in [6.07, 6.45) is 0. The summed E-state index contributed by atoms with van der Waals surface area (Å²) in [7, 11) is 0. The number of rotatable bonds is 8. The maximum atomic E-state index is 6.97. The van der Waals surface area contributed by atoms with Gasteiger partial charge in [-0.2, -0.15) is 0 Å². The van der Waals surface area contributed by atoms with Crippen LogP contribution in [0.25, 0.3) is 269 Å². The highest BCUT2D eigenvalue weighted by molar-refractivity contribution is 6.32. The minimum Gasteiger partial charge on any atom is -0.455 e. The van der Waals surface area contributed by atoms with Crippen LogP contribution < -0.4 is 0 Å². The molecular formula is C131H83NO3. The zero-order chi connectivity index (χ0) is 89.1. The van der Waals surface area contributed by atoms with Crippen LogP contribution in [-0.4, -0.2) is 4.57 Å². The standard InChI is InChI=1S/C45H30O.C44H27NO.C42H26O/c1-45(2)36-25-24-27-14-6-7-17-29(27)42(36)43-37(45)26-35(41-34-22-12-13-23-38(34)46-44(41)43)40-32-20-10-8-18-30(32)39(28-15-4-3-5-16-28)31-19-9-11-21-33(31)40;1-2-14-28(15-3-1)41-31-18-4-6-20-33(31)42(34-21-7-5-19-32(34)41)36-26-27-39(44-43(36)35-22-10-13-25-40(35)46-44)45-37-23-11-8-16-29(37)30-17-9-12-24-38(30)45;1-2-13-28(14-3-1)39-32-16-6-8-18-34(32)40(35-19-9-7-17-33(35)39)37-25-24-31(30-23-22-27-12-4-5-15-29(27)26-30)42-41(37)36-20-10-11-21-38(36)43-42/h3-26H,1-2H3;1-27H;1-26H. The monoisotopic (exact) mass is 1720 g/mol. The second-order valence-corrected chi connectivity index (χ2v) is 36.4. The number of nitrogens with zero attached hydrogens (tertiary/aromatic N) is 1. The molecule has 630 valence electrons. The molecule has 0 amide bonds. The molecule has 24 aromatic carbocycles. The normalized spacial score (nSPS) is 12.4. The first-order valence-corrected chi connectivity index (χ1v) is 46.7. The highest BCUT2D eigenvalue weighted by atomic mass is 16.3. The average Bonchev–Trinajstić information content (AvgIpc) is 1.53. The second kappa shape index (κ2) is 30.9. The fourth-order valence-corrected chi connectivity index (χ4v) is 23.0. The molecule has 4 nitrogen and oxygen atoms in total. The van der Waals surface area contributed by atoms with Crippen molar-refractivity contribution >= 4 is 174 Å². The summed E-state index contributed by atoms with van der Waals surface area (Å²) in [6.45, 7) is 4.75. The fourth-order valence-electron chi connectivity index (χ4n) is 23.0. The molecule has 0 unspecified atom stereocenters. The van der Waals surface area contributed by atoms with Gasteiger partial charge in [0.2, 0.25) is 0 Å². The van der Waals surface area contributed by atoms with Crippen LogP contribution in [0.4, 0.5) is 0 Å². The largest absolute Gasteiger partial charge is 0.455 e. The zero-order valence-corrected chi connectivity index (χ0v) is 74.1. The predicted molar refractivity (Wildman–Crippen MR) is 571 cm³/mol. The van der Waals surface area contributed by atoms with Crippen LogP contribution in [0.1, 0.15) is 25.0 Å². The Balaban J connectivity index is 0.000000103. The minimum atomic E-state index is -0.202. The highest BCUT2D eigenvalue weighted by Crippen LogP contribution is 2.60. The van der Waals surface area contributed by atoms with Gasteiger partial charge in [-0.3, -0.25) is 0 Å². The summed E-state index contributed by atoms with van der Waals surface area (Å²) in [5, 5.41) is 29.3. The lowest BCUT2D eigenvalue weighted by atomic mass is 9.79. The number of fused-ring (bicyclic) bond motifs is 25. The maximum Gasteiger partial charge on any atom is 0.160 e. The van der Waals surface area contributed by atoms with Gasteiger partial charge < -0.3 is 17.8 Å². The molecule has 28 aromatic rings. The molecule has 1 aliphatic carbocycles. The van der Waals surface area contributed by atoms with E-state index in [9.17, 15) is 0 Å². The summed E-state index contributed by atoms with van der Waals surface area (Å²) in [5.74, 6) is 0. The van der Waals surface area contributed by atoms with E-state index < -0.39 is 0 Å². The topological polar surface area (TPSA) is 44.4 Å². The van der Waals surface area contributed by atoms with Gasteiger partial charge >= 0.3 is 0 Å². The Kier molecular flexibility index (Phi) is 17.7. The lowest BCUT2D eigenvalue weighted by Crippen LogP contribution is -2.15. The van der Waals surface area contributed by atoms with Gasteiger partial charge in [-0.05, 0) is 230 Å². The van der Waals surface area contributed by atoms with Crippen molar-refractivity contribution in [3.05, 3.63) is 478 Å². The van der Waals surface area contributed by atoms with Gasteiger partial charge in [0.25, 0.3) is 0 Å². The van der Waals surface area contributed by atoms with Crippen molar-refractivity contribution in [1.29, 1.82) is 0 Å². The molecule has 0 bridgehead atoms. The predicted octanol–water partition coefficient (Wildman–Crippen LogP) is 37.1. The summed E-state index contributed by atoms with van der Waals surface area (Å²) >= 11 is 0. The van der Waals surface area contributed by atoms with Crippen LogP contribution >= 0.6 is 0 Å². The number of furan rings is 3. The molecule has 4 aromatic heterocycles. The molecule has 1 aliphatic rings. The zero-order valence-electron chi connectivity index (χ0n) is 74.1. The minimum absolute atomic E-state index is 0.202. The Bertz CT molecular complexity index is 9560. The molecule has 0 radical (unpaired) electrons. The van der Waals surface area contributed by atoms with E-state index in [-0.39, 0.29) is 5.41 Å². The first kappa shape index (κ1) is 77.5. The third-order valence-corrected chi connectivity index (χ3v) is 28.9. The Hall–Kier alpha value is -17.4. The molecule has 0 saturated heterocycles. The SMILES string of the molecule is CC1(C)c2ccc3ccccc3c2-c2c1cc(-c1c3ccccc3c(-c3ccccc3)c3ccccc13)c1c2oc2ccccc21.c1ccc(-c2c3ccccc3c(-c3ccc(-c4ccc5ccccc5c4)c4oc5ccccc5c34)c3ccccc23)cc1.c1ccc(-c2c3ccccc3c(-c3ccc(-n4c5ccccc5c5ccccc54)c4oc5ccccc5c34)c3ccccc23)cc1. The van der Waals surface area contributed by atoms with Crippen LogP contribution in [-0.2, 0) is 5.41 Å². The Morgan fingerprint density at radius 2 is 0.489 bits per heavy atom. The molecule has 4 heteroatoms. The lowest BCUT2D eigenvalue weighted by Gasteiger charge is -2.23. The van der Waals surface area contributed by atoms with E-state index in [1.165, 1.54) is 202 Å². The summed E-state index contributed by atoms with van der Waals surface area (Å²) in [6, 6.07) is 169. The Morgan fingerprint density at radius 3 is 0.933 bits per heavy atom. The maximum absolute atomic E-state index is 6.97. The van der Waals surface area contributed by atoms with Crippen LogP contribution in [0.3, 0.4) is 0 Å². The van der Waals surface area contributed by atoms with Crippen LogP contribution in [0, 0.1) is 0 Å². The average molecular weight is 1720 g/mol. The van der Waals surface area contributed by atoms with Crippen molar-refractivity contribution in [3.63, 3.8) is 0 Å². The van der Waals surface area contributed by atoms with Crippen LogP contribution in [0.15, 0.2) is 480 Å². The van der Waals surface area contributed by atoms with Crippen molar-refractivity contribution in [3.8, 4) is 94.7 Å². The molecule has 29 rings (SSSR count). The first-order chi connectivity index (χ1) is 66.8. The van der Waals surface area contributed by atoms with E-state index in [0.29, 0.717) is 0 Å². The first-order valence-electron chi connectivity index (χ1n) is 46.7. The van der Waals surface area contributed by atoms with Gasteiger partial charge in [0, 0.05) is 59.6 Å². The molecule has 0 spiro atoms. The van der Waals surface area contributed by atoms with Gasteiger partial charge in [-0.1, -0.05) is 426 Å². The quantitative estimate of drug-likeness (QED) is 0.142. The summed E-state index contributed by atoms with van der Waals surface area (Å²) in [5.41, 5.74) is 31.0. The van der Waals surface area contributed by atoms with Gasteiger partial charge in [0.05, 0.1) is 16.7 Å². The Morgan fingerprint density at radius 1 is 0.178 bits per heavy atom. The summed E-state index contributed by atoms with van der Waals surface area (Å²) in [4.78, 5) is 0. The number of para-hydroxylation sites is 5. The number of hydrogen-bond acceptors (Lipinski definition) is 3. The smallest absolute Gasteiger partial charge is 0.160 e. The van der Waals surface area contributed by atoms with Crippen molar-refractivity contribution in [1.82, 2.24) is 4.57 Å². The highest BCUT2D eigenvalue weighted by Gasteiger charge is 2.41. The number of hydrogen-bond donors (Lipinski definition) is 0. The third kappa shape index (κ3) is 12.0. The van der Waals surface area contributed by atoms with E-state index in [1.54, 1.807) is 0 Å². The summed E-state index contributed by atoms with van der Waals surface area (Å²) < 4.78 is 22.9. The molecule has 0 atom stereocenters. The van der Waals surface area contributed by atoms with E-state index in [0.717, 1.165) is 77.2 Å². The van der Waals surface area contributed by atoms with Crippen molar-refractivity contribution < 1.29 is 13.3 Å². The molecule has 0 saturated carbocycles. The molecule has 4 heterocycles. The van der Waals surface area contributed by atoms with E-state index in [4.69, 9.17) is 13.3 Å². The third-order valence-electron chi connectivity index (χ3n) is 28.9. The Labute approximate surface area is 778 Å².